The zero-order chi connectivity index (χ0) is 14.7. The Morgan fingerprint density at radius 3 is 3.10 bits per heavy atom. The third kappa shape index (κ3) is 3.05. The fourth-order valence-corrected chi connectivity index (χ4v) is 2.20. The van der Waals surface area contributed by atoms with E-state index in [1.807, 2.05) is 0 Å². The van der Waals surface area contributed by atoms with Crippen LogP contribution in [0.2, 0.25) is 0 Å². The van der Waals surface area contributed by atoms with Crippen LogP contribution in [0.5, 0.6) is 0 Å². The van der Waals surface area contributed by atoms with E-state index in [0.29, 0.717) is 28.2 Å². The number of rotatable bonds is 5. The van der Waals surface area contributed by atoms with E-state index in [-0.39, 0.29) is 5.69 Å². The molecule has 1 N–H and O–H groups in total. The van der Waals surface area contributed by atoms with Crippen molar-refractivity contribution in [3.63, 3.8) is 0 Å². The molecule has 3 aromatic rings. The quantitative estimate of drug-likeness (QED) is 0.431. The third-order valence-electron chi connectivity index (χ3n) is 2.51. The Bertz CT molecular complexity index is 757. The average Bonchev–Trinajstić information content (AvgIpc) is 3.17. The molecule has 2 heterocycles. The standard InChI is InChI=1S/C11H8N6O3S/c18-17(19)8-3-1-2-7(4-8)10-14-9(20-16-10)5-21-11-12-6-13-15-11/h1-4,6H,5H2,(H,12,13,15). The number of benzene rings is 1. The molecule has 9 nitrogen and oxygen atoms in total. The lowest BCUT2D eigenvalue weighted by Crippen LogP contribution is -1.89. The summed E-state index contributed by atoms with van der Waals surface area (Å²) in [5, 5.41) is 21.6. The zero-order valence-electron chi connectivity index (χ0n) is 10.5. The summed E-state index contributed by atoms with van der Waals surface area (Å²) in [7, 11) is 0. The van der Waals surface area contributed by atoms with Crippen molar-refractivity contribution in [3.05, 3.63) is 46.6 Å². The van der Waals surface area contributed by atoms with E-state index in [1.165, 1.54) is 30.2 Å². The molecule has 1 aromatic carbocycles. The first kappa shape index (κ1) is 13.2. The molecule has 2 aromatic heterocycles. The number of nitro groups is 1. The monoisotopic (exact) mass is 304 g/mol. The highest BCUT2D eigenvalue weighted by molar-refractivity contribution is 7.98. The SMILES string of the molecule is O=[N+]([O-])c1cccc(-c2noc(CSc3ncn[nH]3)n2)c1. The maximum absolute atomic E-state index is 10.7. The van der Waals surface area contributed by atoms with Crippen LogP contribution in [0.4, 0.5) is 5.69 Å². The van der Waals surface area contributed by atoms with E-state index in [9.17, 15) is 10.1 Å². The van der Waals surface area contributed by atoms with Crippen LogP contribution in [0.15, 0.2) is 40.3 Å². The zero-order valence-corrected chi connectivity index (χ0v) is 11.3. The molecule has 0 saturated heterocycles. The normalized spacial score (nSPS) is 10.7. The summed E-state index contributed by atoms with van der Waals surface area (Å²) in [6.07, 6.45) is 1.41. The first-order valence-corrected chi connectivity index (χ1v) is 6.76. The van der Waals surface area contributed by atoms with Crippen LogP contribution < -0.4 is 0 Å². The Labute approximate surface area is 121 Å². The summed E-state index contributed by atoms with van der Waals surface area (Å²) >= 11 is 1.36. The number of nitro benzene ring substituents is 1. The molecule has 0 bridgehead atoms. The number of aromatic amines is 1. The Hall–Kier alpha value is -2.75. The van der Waals surface area contributed by atoms with Crippen LogP contribution in [0.25, 0.3) is 11.4 Å². The average molecular weight is 304 g/mol. The predicted molar refractivity (Wildman–Crippen MR) is 72.3 cm³/mol. The summed E-state index contributed by atoms with van der Waals surface area (Å²) < 4.78 is 5.10. The van der Waals surface area contributed by atoms with Gasteiger partial charge in [-0.15, -0.1) is 0 Å². The van der Waals surface area contributed by atoms with E-state index >= 15 is 0 Å². The summed E-state index contributed by atoms with van der Waals surface area (Å²) in [6.45, 7) is 0. The lowest BCUT2D eigenvalue weighted by atomic mass is 10.2. The van der Waals surface area contributed by atoms with Crippen LogP contribution in [0.1, 0.15) is 5.89 Å². The van der Waals surface area contributed by atoms with Gasteiger partial charge in [0.15, 0.2) is 5.16 Å². The largest absolute Gasteiger partial charge is 0.338 e. The maximum atomic E-state index is 10.7. The second-order valence-corrected chi connectivity index (χ2v) is 4.86. The number of non-ortho nitro benzene ring substituents is 1. The Kier molecular flexibility index (Phi) is 3.60. The fraction of sp³-hybridized carbons (Fsp3) is 0.0909. The summed E-state index contributed by atoms with van der Waals surface area (Å²) in [4.78, 5) is 18.4. The minimum Gasteiger partial charge on any atom is -0.338 e. The molecule has 10 heteroatoms. The maximum Gasteiger partial charge on any atom is 0.270 e. The molecule has 0 aliphatic heterocycles. The van der Waals surface area contributed by atoms with Gasteiger partial charge in [0.05, 0.1) is 10.7 Å². The number of H-pyrrole nitrogens is 1. The minimum atomic E-state index is -0.468. The molecule has 0 spiro atoms. The second-order valence-electron chi connectivity index (χ2n) is 3.90. The summed E-state index contributed by atoms with van der Waals surface area (Å²) in [5.41, 5.74) is 0.513. The van der Waals surface area contributed by atoms with Crippen molar-refractivity contribution >= 4 is 17.4 Å². The van der Waals surface area contributed by atoms with Crippen molar-refractivity contribution < 1.29 is 9.45 Å². The minimum absolute atomic E-state index is 0.0186. The van der Waals surface area contributed by atoms with Gasteiger partial charge in [-0.3, -0.25) is 15.2 Å². The molecule has 0 unspecified atom stereocenters. The van der Waals surface area contributed by atoms with Crippen molar-refractivity contribution in [1.82, 2.24) is 25.3 Å². The van der Waals surface area contributed by atoms with Gasteiger partial charge >= 0.3 is 0 Å². The number of hydrogen-bond donors (Lipinski definition) is 1. The van der Waals surface area contributed by atoms with Crippen molar-refractivity contribution in [2.45, 2.75) is 10.9 Å². The molecule has 0 amide bonds. The molecular formula is C11H8N6O3S. The number of thioether (sulfide) groups is 1. The highest BCUT2D eigenvalue weighted by Crippen LogP contribution is 2.23. The van der Waals surface area contributed by atoms with Crippen LogP contribution >= 0.6 is 11.8 Å². The molecule has 0 saturated carbocycles. The van der Waals surface area contributed by atoms with Gasteiger partial charge in [-0.25, -0.2) is 4.98 Å². The number of aromatic nitrogens is 5. The van der Waals surface area contributed by atoms with Gasteiger partial charge in [-0.1, -0.05) is 29.1 Å². The van der Waals surface area contributed by atoms with E-state index < -0.39 is 4.92 Å². The summed E-state index contributed by atoms with van der Waals surface area (Å²) in [5.74, 6) is 1.14. The van der Waals surface area contributed by atoms with Gasteiger partial charge in [0.25, 0.3) is 5.69 Å². The first-order valence-electron chi connectivity index (χ1n) is 5.78. The number of nitrogens with one attached hydrogen (secondary N) is 1. The van der Waals surface area contributed by atoms with Gasteiger partial charge in [0, 0.05) is 17.7 Å². The molecule has 0 atom stereocenters. The van der Waals surface area contributed by atoms with Crippen molar-refractivity contribution in [3.8, 4) is 11.4 Å². The number of nitrogens with zero attached hydrogens (tertiary/aromatic N) is 5. The van der Waals surface area contributed by atoms with Gasteiger partial charge in [-0.2, -0.15) is 10.1 Å². The second kappa shape index (κ2) is 5.71. The third-order valence-corrected chi connectivity index (χ3v) is 3.37. The lowest BCUT2D eigenvalue weighted by Gasteiger charge is -1.94. The first-order chi connectivity index (χ1) is 10.2. The molecule has 0 aliphatic rings. The van der Waals surface area contributed by atoms with E-state index in [4.69, 9.17) is 4.52 Å². The Balaban J connectivity index is 1.75. The lowest BCUT2D eigenvalue weighted by molar-refractivity contribution is -0.384. The van der Waals surface area contributed by atoms with Crippen LogP contribution in [-0.4, -0.2) is 30.2 Å². The van der Waals surface area contributed by atoms with Crippen LogP contribution in [0, 0.1) is 10.1 Å². The highest BCUT2D eigenvalue weighted by atomic mass is 32.2. The molecule has 3 rings (SSSR count). The van der Waals surface area contributed by atoms with Crippen LogP contribution in [0.3, 0.4) is 0 Å². The number of hydrogen-bond acceptors (Lipinski definition) is 8. The van der Waals surface area contributed by atoms with Crippen molar-refractivity contribution in [2.24, 2.45) is 0 Å². The fourth-order valence-electron chi connectivity index (χ4n) is 1.58. The smallest absolute Gasteiger partial charge is 0.270 e. The Morgan fingerprint density at radius 1 is 1.43 bits per heavy atom. The van der Waals surface area contributed by atoms with E-state index in [2.05, 4.69) is 25.3 Å². The summed E-state index contributed by atoms with van der Waals surface area (Å²) in [6, 6.07) is 6.07. The molecule has 0 aliphatic carbocycles. The van der Waals surface area contributed by atoms with E-state index in [0.717, 1.165) is 0 Å². The molecule has 106 valence electrons. The van der Waals surface area contributed by atoms with Gasteiger partial charge in [0.1, 0.15) is 6.33 Å². The highest BCUT2D eigenvalue weighted by Gasteiger charge is 2.13. The van der Waals surface area contributed by atoms with E-state index in [1.54, 1.807) is 12.1 Å². The van der Waals surface area contributed by atoms with Crippen molar-refractivity contribution in [1.29, 1.82) is 0 Å². The molecule has 0 fully saturated rings. The predicted octanol–water partition coefficient (Wildman–Crippen LogP) is 2.06. The molecular weight excluding hydrogens is 296 g/mol. The van der Waals surface area contributed by atoms with Crippen molar-refractivity contribution in [2.75, 3.05) is 0 Å². The van der Waals surface area contributed by atoms with Crippen LogP contribution in [-0.2, 0) is 5.75 Å². The van der Waals surface area contributed by atoms with Gasteiger partial charge in [0.2, 0.25) is 11.7 Å². The molecule has 0 radical (unpaired) electrons. The van der Waals surface area contributed by atoms with Gasteiger partial charge < -0.3 is 4.52 Å². The topological polar surface area (TPSA) is 124 Å². The van der Waals surface area contributed by atoms with Gasteiger partial charge in [-0.05, 0) is 0 Å². The molecule has 21 heavy (non-hydrogen) atoms. The Morgan fingerprint density at radius 2 is 2.33 bits per heavy atom.